The van der Waals surface area contributed by atoms with Crippen LogP contribution in [0.5, 0.6) is 0 Å². The average molecular weight is 195 g/mol. The molecule has 1 aliphatic rings. The van der Waals surface area contributed by atoms with Crippen molar-refractivity contribution in [2.75, 3.05) is 13.1 Å². The van der Waals surface area contributed by atoms with Crippen molar-refractivity contribution in [3.63, 3.8) is 0 Å². The van der Waals surface area contributed by atoms with E-state index in [0.29, 0.717) is 5.92 Å². The Labute approximate surface area is 83.9 Å². The van der Waals surface area contributed by atoms with E-state index in [9.17, 15) is 5.11 Å². The molecule has 0 saturated carbocycles. The molecule has 4 heteroatoms. The summed E-state index contributed by atoms with van der Waals surface area (Å²) in [6, 6.07) is 0. The predicted molar refractivity (Wildman–Crippen MR) is 53.8 cm³/mol. The van der Waals surface area contributed by atoms with Gasteiger partial charge in [-0.2, -0.15) is 5.10 Å². The van der Waals surface area contributed by atoms with E-state index in [1.54, 1.807) is 6.20 Å². The maximum Gasteiger partial charge on any atom is 0.0861 e. The number of hydrogen-bond donors (Lipinski definition) is 2. The zero-order valence-electron chi connectivity index (χ0n) is 8.48. The van der Waals surface area contributed by atoms with Crippen LogP contribution in [0.15, 0.2) is 12.4 Å². The standard InChI is InChI=1S/C10H17N3O/c1-2-13-7-9(6-12-13)10(14)8-3-4-11-5-8/h6-8,10-11,14H,2-5H2,1H3. The molecule has 0 spiro atoms. The summed E-state index contributed by atoms with van der Waals surface area (Å²) < 4.78 is 1.85. The maximum absolute atomic E-state index is 10.0. The van der Waals surface area contributed by atoms with E-state index in [0.717, 1.165) is 31.6 Å². The summed E-state index contributed by atoms with van der Waals surface area (Å²) in [4.78, 5) is 0. The molecule has 1 aliphatic heterocycles. The Morgan fingerprint density at radius 1 is 1.79 bits per heavy atom. The Hall–Kier alpha value is -0.870. The van der Waals surface area contributed by atoms with Crippen LogP contribution < -0.4 is 5.32 Å². The lowest BCUT2D eigenvalue weighted by Gasteiger charge is -2.14. The Balaban J connectivity index is 2.05. The van der Waals surface area contributed by atoms with Gasteiger partial charge >= 0.3 is 0 Å². The third kappa shape index (κ3) is 1.81. The van der Waals surface area contributed by atoms with Crippen molar-refractivity contribution in [1.82, 2.24) is 15.1 Å². The molecule has 0 bridgehead atoms. The molecule has 1 saturated heterocycles. The molecule has 2 heterocycles. The third-order valence-corrected chi connectivity index (χ3v) is 2.86. The Morgan fingerprint density at radius 3 is 3.21 bits per heavy atom. The molecule has 0 radical (unpaired) electrons. The molecular formula is C10H17N3O. The van der Waals surface area contributed by atoms with Crippen molar-refractivity contribution >= 4 is 0 Å². The lowest BCUT2D eigenvalue weighted by molar-refractivity contribution is 0.118. The van der Waals surface area contributed by atoms with Crippen LogP contribution in [0.2, 0.25) is 0 Å². The highest BCUT2D eigenvalue weighted by Gasteiger charge is 2.24. The molecular weight excluding hydrogens is 178 g/mol. The molecule has 0 amide bonds. The number of nitrogens with zero attached hydrogens (tertiary/aromatic N) is 2. The van der Waals surface area contributed by atoms with E-state index in [1.807, 2.05) is 17.8 Å². The highest BCUT2D eigenvalue weighted by molar-refractivity contribution is 5.10. The molecule has 2 N–H and O–H groups in total. The fourth-order valence-corrected chi connectivity index (χ4v) is 1.92. The van der Waals surface area contributed by atoms with Crippen molar-refractivity contribution in [2.45, 2.75) is 26.0 Å². The summed E-state index contributed by atoms with van der Waals surface area (Å²) in [7, 11) is 0. The van der Waals surface area contributed by atoms with E-state index in [-0.39, 0.29) is 6.10 Å². The van der Waals surface area contributed by atoms with Gasteiger partial charge in [0.2, 0.25) is 0 Å². The summed E-state index contributed by atoms with van der Waals surface area (Å²) in [6.45, 7) is 4.83. The van der Waals surface area contributed by atoms with Gasteiger partial charge in [-0.25, -0.2) is 0 Å². The van der Waals surface area contributed by atoms with Crippen LogP contribution in [-0.2, 0) is 6.54 Å². The molecule has 0 aromatic carbocycles. The highest BCUT2D eigenvalue weighted by Crippen LogP contribution is 2.25. The van der Waals surface area contributed by atoms with Crippen molar-refractivity contribution in [1.29, 1.82) is 0 Å². The zero-order chi connectivity index (χ0) is 9.97. The lowest BCUT2D eigenvalue weighted by atomic mass is 9.97. The summed E-state index contributed by atoms with van der Waals surface area (Å²) in [6.07, 6.45) is 4.40. The number of aliphatic hydroxyl groups is 1. The summed E-state index contributed by atoms with van der Waals surface area (Å²) >= 11 is 0. The minimum Gasteiger partial charge on any atom is -0.388 e. The largest absolute Gasteiger partial charge is 0.388 e. The molecule has 78 valence electrons. The second-order valence-corrected chi connectivity index (χ2v) is 3.83. The van der Waals surface area contributed by atoms with Crippen LogP contribution in [0.4, 0.5) is 0 Å². The Morgan fingerprint density at radius 2 is 2.64 bits per heavy atom. The number of rotatable bonds is 3. The van der Waals surface area contributed by atoms with E-state index in [4.69, 9.17) is 0 Å². The molecule has 1 aromatic heterocycles. The van der Waals surface area contributed by atoms with Gasteiger partial charge in [0.25, 0.3) is 0 Å². The van der Waals surface area contributed by atoms with Gasteiger partial charge < -0.3 is 10.4 Å². The molecule has 4 nitrogen and oxygen atoms in total. The Kier molecular flexibility index (Phi) is 2.84. The number of hydrogen-bond acceptors (Lipinski definition) is 3. The van der Waals surface area contributed by atoms with E-state index in [1.165, 1.54) is 0 Å². The summed E-state index contributed by atoms with van der Waals surface area (Å²) in [5, 5.41) is 17.5. The number of aromatic nitrogens is 2. The highest BCUT2D eigenvalue weighted by atomic mass is 16.3. The number of aliphatic hydroxyl groups excluding tert-OH is 1. The molecule has 1 aromatic rings. The second-order valence-electron chi connectivity index (χ2n) is 3.83. The van der Waals surface area contributed by atoms with Crippen LogP contribution in [-0.4, -0.2) is 28.0 Å². The summed E-state index contributed by atoms with van der Waals surface area (Å²) in [5.74, 6) is 0.351. The molecule has 0 aliphatic carbocycles. The van der Waals surface area contributed by atoms with Gasteiger partial charge in [0.15, 0.2) is 0 Å². The van der Waals surface area contributed by atoms with Crippen molar-refractivity contribution in [2.24, 2.45) is 5.92 Å². The first kappa shape index (κ1) is 9.68. The van der Waals surface area contributed by atoms with Crippen molar-refractivity contribution in [3.05, 3.63) is 18.0 Å². The first-order valence-electron chi connectivity index (χ1n) is 5.22. The van der Waals surface area contributed by atoms with Crippen LogP contribution >= 0.6 is 0 Å². The number of nitrogens with one attached hydrogen (secondary N) is 1. The van der Waals surface area contributed by atoms with Crippen LogP contribution in [0.25, 0.3) is 0 Å². The minimum atomic E-state index is -0.356. The van der Waals surface area contributed by atoms with Crippen molar-refractivity contribution in [3.8, 4) is 0 Å². The van der Waals surface area contributed by atoms with Crippen LogP contribution in [0.3, 0.4) is 0 Å². The lowest BCUT2D eigenvalue weighted by Crippen LogP contribution is -2.15. The van der Waals surface area contributed by atoms with Gasteiger partial charge in [0, 0.05) is 30.8 Å². The van der Waals surface area contributed by atoms with E-state index < -0.39 is 0 Å². The minimum absolute atomic E-state index is 0.351. The summed E-state index contributed by atoms with van der Waals surface area (Å²) in [5.41, 5.74) is 0.945. The third-order valence-electron chi connectivity index (χ3n) is 2.86. The van der Waals surface area contributed by atoms with Gasteiger partial charge in [0.1, 0.15) is 0 Å². The molecule has 1 fully saturated rings. The molecule has 2 rings (SSSR count). The SMILES string of the molecule is CCn1cc(C(O)C2CCNC2)cn1. The van der Waals surface area contributed by atoms with Crippen molar-refractivity contribution < 1.29 is 5.11 Å². The van der Waals surface area contributed by atoms with Gasteiger partial charge in [0.05, 0.1) is 12.3 Å². The Bertz CT molecular complexity index is 291. The molecule has 2 unspecified atom stereocenters. The predicted octanol–water partition coefficient (Wildman–Crippen LogP) is 0.546. The van der Waals surface area contributed by atoms with Gasteiger partial charge in [-0.05, 0) is 19.9 Å². The van der Waals surface area contributed by atoms with Crippen LogP contribution in [0.1, 0.15) is 25.0 Å². The fourth-order valence-electron chi connectivity index (χ4n) is 1.92. The maximum atomic E-state index is 10.0. The first-order valence-corrected chi connectivity index (χ1v) is 5.22. The smallest absolute Gasteiger partial charge is 0.0861 e. The quantitative estimate of drug-likeness (QED) is 0.740. The first-order chi connectivity index (χ1) is 6.81. The van der Waals surface area contributed by atoms with Crippen LogP contribution in [0, 0.1) is 5.92 Å². The van der Waals surface area contributed by atoms with E-state index in [2.05, 4.69) is 10.4 Å². The topological polar surface area (TPSA) is 50.1 Å². The van der Waals surface area contributed by atoms with E-state index >= 15 is 0 Å². The van der Waals surface area contributed by atoms with Gasteiger partial charge in [-0.15, -0.1) is 0 Å². The second kappa shape index (κ2) is 4.11. The normalized spacial score (nSPS) is 24.0. The van der Waals surface area contributed by atoms with Gasteiger partial charge in [-0.1, -0.05) is 0 Å². The monoisotopic (exact) mass is 195 g/mol. The molecule has 14 heavy (non-hydrogen) atoms. The fraction of sp³-hybridized carbons (Fsp3) is 0.700. The molecule has 2 atom stereocenters. The zero-order valence-corrected chi connectivity index (χ0v) is 8.48. The van der Waals surface area contributed by atoms with Gasteiger partial charge in [-0.3, -0.25) is 4.68 Å². The average Bonchev–Trinajstić information content (AvgIpc) is 2.88. The number of aryl methyl sites for hydroxylation is 1.